The first kappa shape index (κ1) is 17.2. The molecule has 2 aromatic rings. The fourth-order valence-electron chi connectivity index (χ4n) is 3.13. The van der Waals surface area contributed by atoms with Crippen LogP contribution in [-0.2, 0) is 6.42 Å². The van der Waals surface area contributed by atoms with E-state index >= 15 is 0 Å². The van der Waals surface area contributed by atoms with Crippen LogP contribution in [0.1, 0.15) is 44.9 Å². The third-order valence-corrected chi connectivity index (χ3v) is 4.52. The minimum atomic E-state index is -0.428. The third kappa shape index (κ3) is 3.43. The predicted octanol–water partition coefficient (Wildman–Crippen LogP) is 3.13. The predicted molar refractivity (Wildman–Crippen MR) is 91.7 cm³/mol. The summed E-state index contributed by atoms with van der Waals surface area (Å²) in [6.07, 6.45) is 2.13. The number of benzene rings is 1. The molecule has 1 aromatic carbocycles. The summed E-state index contributed by atoms with van der Waals surface area (Å²) in [6, 6.07) is 6.16. The highest BCUT2D eigenvalue weighted by molar-refractivity contribution is 6.04. The number of ketones is 1. The van der Waals surface area contributed by atoms with Crippen LogP contribution in [0.2, 0.25) is 0 Å². The van der Waals surface area contributed by atoms with Crippen LogP contribution >= 0.6 is 0 Å². The van der Waals surface area contributed by atoms with Gasteiger partial charge < -0.3 is 14.6 Å². The lowest BCUT2D eigenvalue weighted by Gasteiger charge is -2.17. The first-order chi connectivity index (χ1) is 12.0. The number of nitrogens with zero attached hydrogens (tertiary/aromatic N) is 1. The highest BCUT2D eigenvalue weighted by atomic mass is 19.1. The minimum absolute atomic E-state index is 0.0968. The molecule has 1 aliphatic rings. The van der Waals surface area contributed by atoms with Gasteiger partial charge in [-0.1, -0.05) is 12.1 Å². The number of rotatable bonds is 5. The van der Waals surface area contributed by atoms with E-state index in [1.807, 2.05) is 0 Å². The van der Waals surface area contributed by atoms with Gasteiger partial charge in [-0.05, 0) is 37.5 Å². The number of carbonyl (C=O) groups is 2. The zero-order chi connectivity index (χ0) is 18.0. The summed E-state index contributed by atoms with van der Waals surface area (Å²) < 4.78 is 18.9. The Morgan fingerprint density at radius 1 is 1.32 bits per heavy atom. The van der Waals surface area contributed by atoms with Crippen molar-refractivity contribution in [2.75, 3.05) is 20.2 Å². The Bertz CT molecular complexity index is 813. The van der Waals surface area contributed by atoms with E-state index in [0.29, 0.717) is 29.8 Å². The number of aromatic nitrogens is 1. The molecule has 1 aliphatic carbocycles. The Balaban J connectivity index is 1.65. The van der Waals surface area contributed by atoms with Crippen LogP contribution in [0.4, 0.5) is 4.39 Å². The number of hydrogen-bond donors (Lipinski definition) is 1. The lowest BCUT2D eigenvalue weighted by Crippen LogP contribution is -2.31. The molecule has 0 unspecified atom stereocenters. The lowest BCUT2D eigenvalue weighted by atomic mass is 9.94. The molecule has 1 N–H and O–H groups in total. The molecule has 0 atom stereocenters. The molecule has 0 spiro atoms. The summed E-state index contributed by atoms with van der Waals surface area (Å²) in [6.45, 7) is 2.29. The van der Waals surface area contributed by atoms with Crippen molar-refractivity contribution in [3.8, 4) is 5.75 Å². The molecule has 3 rings (SSSR count). The second kappa shape index (κ2) is 7.09. The first-order valence-electron chi connectivity index (χ1n) is 8.36. The standard InChI is InChI=1S/C19H21FN2O3/c1-12-17-14(7-5-8-15(17)23)21-18(12)19(24)22(2)10-11-25-16-9-4-3-6-13(16)20/h3-4,6,9,21H,5,7-8,10-11H2,1-2H3. The van der Waals surface area contributed by atoms with Crippen molar-refractivity contribution >= 4 is 11.7 Å². The van der Waals surface area contributed by atoms with Crippen molar-refractivity contribution in [3.05, 3.63) is 52.6 Å². The summed E-state index contributed by atoms with van der Waals surface area (Å²) in [5.74, 6) is -0.361. The van der Waals surface area contributed by atoms with Gasteiger partial charge in [-0.25, -0.2) is 4.39 Å². The number of H-pyrrole nitrogens is 1. The molecule has 0 saturated heterocycles. The van der Waals surface area contributed by atoms with Gasteiger partial charge in [0.15, 0.2) is 17.3 Å². The number of halogens is 1. The highest BCUT2D eigenvalue weighted by Gasteiger charge is 2.27. The normalized spacial score (nSPS) is 13.5. The summed E-state index contributed by atoms with van der Waals surface area (Å²) in [7, 11) is 1.66. The number of hydrogen-bond acceptors (Lipinski definition) is 3. The molecule has 0 aliphatic heterocycles. The molecule has 1 amide bonds. The number of likely N-dealkylation sites (N-methyl/N-ethyl adjacent to an activating group) is 1. The fourth-order valence-corrected chi connectivity index (χ4v) is 3.13. The number of amides is 1. The van der Waals surface area contributed by atoms with Gasteiger partial charge in [-0.15, -0.1) is 0 Å². The Kier molecular flexibility index (Phi) is 4.88. The van der Waals surface area contributed by atoms with Gasteiger partial charge in [0.05, 0.1) is 6.54 Å². The first-order valence-corrected chi connectivity index (χ1v) is 8.36. The van der Waals surface area contributed by atoms with E-state index in [-0.39, 0.29) is 24.0 Å². The van der Waals surface area contributed by atoms with E-state index in [2.05, 4.69) is 4.98 Å². The Morgan fingerprint density at radius 2 is 2.08 bits per heavy atom. The van der Waals surface area contributed by atoms with Crippen molar-refractivity contribution in [1.82, 2.24) is 9.88 Å². The zero-order valence-corrected chi connectivity index (χ0v) is 14.4. The Labute approximate surface area is 145 Å². The molecule has 0 bridgehead atoms. The number of aryl methyl sites for hydroxylation is 1. The van der Waals surface area contributed by atoms with Crippen molar-refractivity contribution in [3.63, 3.8) is 0 Å². The molecule has 25 heavy (non-hydrogen) atoms. The van der Waals surface area contributed by atoms with E-state index in [4.69, 9.17) is 4.74 Å². The number of aromatic amines is 1. The van der Waals surface area contributed by atoms with E-state index in [1.165, 1.54) is 11.0 Å². The maximum absolute atomic E-state index is 13.5. The smallest absolute Gasteiger partial charge is 0.270 e. The van der Waals surface area contributed by atoms with Gasteiger partial charge in [0.2, 0.25) is 0 Å². The summed E-state index contributed by atoms with van der Waals surface area (Å²) >= 11 is 0. The van der Waals surface area contributed by atoms with Gasteiger partial charge in [-0.2, -0.15) is 0 Å². The molecule has 0 fully saturated rings. The molecule has 0 radical (unpaired) electrons. The summed E-state index contributed by atoms with van der Waals surface area (Å²) in [5, 5.41) is 0. The molecular weight excluding hydrogens is 323 g/mol. The van der Waals surface area contributed by atoms with Crippen LogP contribution in [0, 0.1) is 12.7 Å². The van der Waals surface area contributed by atoms with E-state index in [1.54, 1.807) is 32.2 Å². The summed E-state index contributed by atoms with van der Waals surface area (Å²) in [5.41, 5.74) is 2.69. The lowest BCUT2D eigenvalue weighted by molar-refractivity contribution is 0.0767. The van der Waals surface area contributed by atoms with Crippen molar-refractivity contribution in [2.45, 2.75) is 26.2 Å². The largest absolute Gasteiger partial charge is 0.489 e. The summed E-state index contributed by atoms with van der Waals surface area (Å²) in [4.78, 5) is 29.4. The van der Waals surface area contributed by atoms with Crippen LogP contribution in [0.25, 0.3) is 0 Å². The number of carbonyl (C=O) groups excluding carboxylic acids is 2. The molecule has 5 nitrogen and oxygen atoms in total. The average Bonchev–Trinajstić information content (AvgIpc) is 2.94. The molecule has 132 valence electrons. The second-order valence-electron chi connectivity index (χ2n) is 6.26. The molecule has 1 aromatic heterocycles. The average molecular weight is 344 g/mol. The highest BCUT2D eigenvalue weighted by Crippen LogP contribution is 2.27. The van der Waals surface area contributed by atoms with Gasteiger partial charge >= 0.3 is 0 Å². The van der Waals surface area contributed by atoms with Gasteiger partial charge in [0.1, 0.15) is 12.3 Å². The van der Waals surface area contributed by atoms with Crippen LogP contribution in [0.5, 0.6) is 5.75 Å². The van der Waals surface area contributed by atoms with Crippen molar-refractivity contribution < 1.29 is 18.7 Å². The molecule has 6 heteroatoms. The van der Waals surface area contributed by atoms with Crippen molar-refractivity contribution in [2.24, 2.45) is 0 Å². The maximum Gasteiger partial charge on any atom is 0.270 e. The SMILES string of the molecule is Cc1c(C(=O)N(C)CCOc2ccccc2F)[nH]c2c1C(=O)CCC2. The maximum atomic E-state index is 13.5. The number of fused-ring (bicyclic) bond motifs is 1. The van der Waals surface area contributed by atoms with Crippen LogP contribution in [0.15, 0.2) is 24.3 Å². The number of para-hydroxylation sites is 1. The number of nitrogens with one attached hydrogen (secondary N) is 1. The van der Waals surface area contributed by atoms with E-state index in [0.717, 1.165) is 18.5 Å². The van der Waals surface area contributed by atoms with Crippen molar-refractivity contribution in [1.29, 1.82) is 0 Å². The fraction of sp³-hybridized carbons (Fsp3) is 0.368. The molecule has 1 heterocycles. The Morgan fingerprint density at radius 3 is 2.80 bits per heavy atom. The van der Waals surface area contributed by atoms with Gasteiger partial charge in [0.25, 0.3) is 5.91 Å². The monoisotopic (exact) mass is 344 g/mol. The van der Waals surface area contributed by atoms with Crippen LogP contribution in [-0.4, -0.2) is 41.8 Å². The quantitative estimate of drug-likeness (QED) is 0.906. The Hall–Kier alpha value is -2.63. The topological polar surface area (TPSA) is 62.4 Å². The van der Waals surface area contributed by atoms with Crippen LogP contribution < -0.4 is 4.74 Å². The van der Waals surface area contributed by atoms with Crippen LogP contribution in [0.3, 0.4) is 0 Å². The molecule has 0 saturated carbocycles. The second-order valence-corrected chi connectivity index (χ2v) is 6.26. The zero-order valence-electron chi connectivity index (χ0n) is 14.4. The van der Waals surface area contributed by atoms with Gasteiger partial charge in [-0.3, -0.25) is 9.59 Å². The van der Waals surface area contributed by atoms with E-state index < -0.39 is 5.82 Å². The molecular formula is C19H21FN2O3. The minimum Gasteiger partial charge on any atom is -0.489 e. The van der Waals surface area contributed by atoms with E-state index in [9.17, 15) is 14.0 Å². The third-order valence-electron chi connectivity index (χ3n) is 4.52. The number of ether oxygens (including phenoxy) is 1. The van der Waals surface area contributed by atoms with Gasteiger partial charge in [0, 0.05) is 24.7 Å². The number of Topliss-reactive ketones (excluding diaryl/α,β-unsaturated/α-hetero) is 1.